The summed E-state index contributed by atoms with van der Waals surface area (Å²) in [5.74, 6) is -1.34. The van der Waals surface area contributed by atoms with Gasteiger partial charge in [0.1, 0.15) is 24.9 Å². The maximum atomic E-state index is 13.8. The molecule has 3 rings (SSSR count). The van der Waals surface area contributed by atoms with Crippen LogP contribution in [0.15, 0.2) is 93.5 Å². The van der Waals surface area contributed by atoms with Gasteiger partial charge in [-0.15, -0.1) is 0 Å². The molecule has 0 N–H and O–H groups in total. The number of methoxy groups -OCH3 is 1. The number of hydrogen-bond donors (Lipinski definition) is 0. The van der Waals surface area contributed by atoms with Gasteiger partial charge in [-0.2, -0.15) is 43.9 Å². The van der Waals surface area contributed by atoms with E-state index >= 15 is 0 Å². The highest BCUT2D eigenvalue weighted by Crippen LogP contribution is 2.46. The first-order valence-electron chi connectivity index (χ1n) is 12.0. The third-order valence-corrected chi connectivity index (χ3v) is 8.87. The number of halogens is 10. The highest BCUT2D eigenvalue weighted by molar-refractivity contribution is 7.97. The summed E-state index contributed by atoms with van der Waals surface area (Å²) in [6.07, 6.45) is -17.6. The average Bonchev–Trinajstić information content (AvgIpc) is 2.93. The van der Waals surface area contributed by atoms with Crippen molar-refractivity contribution in [1.82, 2.24) is 0 Å². The van der Waals surface area contributed by atoms with Crippen molar-refractivity contribution in [3.8, 4) is 11.5 Å². The fourth-order valence-electron chi connectivity index (χ4n) is 3.51. The molecule has 45 heavy (non-hydrogen) atoms. The Balaban J connectivity index is 1.91. The SMILES string of the molecule is COCOC(COc1ccc([S+](c2ccccc2)c2ccc(OC(F)(F)C(F)(F)S(=O)(=O)[O-])cc2)cc1)(C(F)(F)F)C(F)(F)F. The second kappa shape index (κ2) is 13.2. The molecule has 0 heterocycles. The highest BCUT2D eigenvalue weighted by Gasteiger charge is 2.73. The van der Waals surface area contributed by atoms with Gasteiger partial charge in [0, 0.05) is 7.11 Å². The second-order valence-electron chi connectivity index (χ2n) is 8.81. The van der Waals surface area contributed by atoms with E-state index in [1.54, 1.807) is 30.3 Å². The summed E-state index contributed by atoms with van der Waals surface area (Å²) in [4.78, 5) is 1.30. The number of alkyl halides is 10. The van der Waals surface area contributed by atoms with Gasteiger partial charge in [-0.3, -0.25) is 0 Å². The maximum absolute atomic E-state index is 13.8. The minimum atomic E-state index is -6.80. The van der Waals surface area contributed by atoms with Crippen LogP contribution in [0.4, 0.5) is 43.9 Å². The second-order valence-corrected chi connectivity index (χ2v) is 12.3. The molecule has 7 nitrogen and oxygen atoms in total. The van der Waals surface area contributed by atoms with Crippen LogP contribution in [0.25, 0.3) is 0 Å². The first-order chi connectivity index (χ1) is 20.7. The third kappa shape index (κ3) is 7.76. The summed E-state index contributed by atoms with van der Waals surface area (Å²) in [6.45, 7) is -3.35. The Kier molecular flexibility index (Phi) is 10.6. The Hall–Kier alpha value is -3.26. The zero-order valence-electron chi connectivity index (χ0n) is 22.4. The van der Waals surface area contributed by atoms with Crippen molar-refractivity contribution in [2.75, 3.05) is 20.5 Å². The molecule has 0 saturated heterocycles. The molecule has 0 aromatic heterocycles. The quantitative estimate of drug-likeness (QED) is 0.0844. The number of hydrogen-bond acceptors (Lipinski definition) is 7. The molecule has 0 spiro atoms. The van der Waals surface area contributed by atoms with Crippen molar-refractivity contribution in [2.24, 2.45) is 0 Å². The Morgan fingerprint density at radius 2 is 1.13 bits per heavy atom. The smallest absolute Gasteiger partial charge is 0.479 e. The summed E-state index contributed by atoms with van der Waals surface area (Å²) in [6, 6.07) is 16.9. The van der Waals surface area contributed by atoms with E-state index < -0.39 is 75.2 Å². The fourth-order valence-corrected chi connectivity index (χ4v) is 5.90. The molecule has 0 radical (unpaired) electrons. The molecule has 0 aliphatic heterocycles. The molecule has 0 aliphatic rings. The molecular formula is C26H20F10O7S2. The van der Waals surface area contributed by atoms with Crippen molar-refractivity contribution in [2.45, 2.75) is 44.0 Å². The molecule has 1 atom stereocenters. The van der Waals surface area contributed by atoms with Gasteiger partial charge in [-0.1, -0.05) is 18.2 Å². The lowest BCUT2D eigenvalue weighted by Gasteiger charge is -2.36. The van der Waals surface area contributed by atoms with Crippen molar-refractivity contribution in [1.29, 1.82) is 0 Å². The molecule has 3 aromatic carbocycles. The summed E-state index contributed by atoms with van der Waals surface area (Å²) < 4.78 is 185. The normalized spacial score (nSPS) is 14.2. The third-order valence-electron chi connectivity index (χ3n) is 5.78. The van der Waals surface area contributed by atoms with Crippen LogP contribution in [0.1, 0.15) is 0 Å². The first-order valence-corrected chi connectivity index (χ1v) is 14.6. The zero-order valence-corrected chi connectivity index (χ0v) is 24.0. The van der Waals surface area contributed by atoms with Gasteiger partial charge in [0.25, 0.3) is 5.60 Å². The van der Waals surface area contributed by atoms with Crippen LogP contribution < -0.4 is 9.47 Å². The monoisotopic (exact) mass is 698 g/mol. The van der Waals surface area contributed by atoms with Crippen LogP contribution in [0, 0.1) is 0 Å². The van der Waals surface area contributed by atoms with Gasteiger partial charge in [0.15, 0.2) is 24.8 Å². The predicted octanol–water partition coefficient (Wildman–Crippen LogP) is 6.75. The van der Waals surface area contributed by atoms with E-state index in [2.05, 4.69) is 14.2 Å². The van der Waals surface area contributed by atoms with Gasteiger partial charge in [0.2, 0.25) is 0 Å². The van der Waals surface area contributed by atoms with E-state index in [0.717, 1.165) is 43.5 Å². The molecule has 248 valence electrons. The lowest BCUT2D eigenvalue weighted by atomic mass is 10.0. The number of ether oxygens (including phenoxy) is 4. The van der Waals surface area contributed by atoms with Gasteiger partial charge >= 0.3 is 23.7 Å². The van der Waals surface area contributed by atoms with Crippen LogP contribution in [0.3, 0.4) is 0 Å². The van der Waals surface area contributed by atoms with Crippen molar-refractivity contribution in [3.05, 3.63) is 78.9 Å². The number of benzene rings is 3. The maximum Gasteiger partial charge on any atom is 0.479 e. The molecule has 0 amide bonds. The number of rotatable bonds is 13. The molecule has 0 bridgehead atoms. The Labute approximate surface area is 251 Å². The Morgan fingerprint density at radius 1 is 0.689 bits per heavy atom. The van der Waals surface area contributed by atoms with Crippen molar-refractivity contribution >= 4 is 21.0 Å². The summed E-state index contributed by atoms with van der Waals surface area (Å²) in [5, 5.41) is -6.09. The lowest BCUT2D eigenvalue weighted by molar-refractivity contribution is -0.397. The minimum absolute atomic E-state index is 0.329. The van der Waals surface area contributed by atoms with Gasteiger partial charge < -0.3 is 23.5 Å². The van der Waals surface area contributed by atoms with Crippen LogP contribution >= 0.6 is 0 Å². The van der Waals surface area contributed by atoms with Crippen LogP contribution in [0.2, 0.25) is 0 Å². The predicted molar refractivity (Wildman–Crippen MR) is 135 cm³/mol. The van der Waals surface area contributed by atoms with Crippen LogP contribution in [-0.4, -0.2) is 62.8 Å². The van der Waals surface area contributed by atoms with E-state index in [4.69, 9.17) is 4.74 Å². The summed E-state index contributed by atoms with van der Waals surface area (Å²) >= 11 is 0. The van der Waals surface area contributed by atoms with Crippen LogP contribution in [-0.2, 0) is 30.5 Å². The molecule has 19 heteroatoms. The first kappa shape index (κ1) is 36.2. The van der Waals surface area contributed by atoms with Crippen molar-refractivity contribution in [3.63, 3.8) is 0 Å². The molecule has 3 aromatic rings. The fraction of sp³-hybridized carbons (Fsp3) is 0.308. The molecule has 0 saturated carbocycles. The molecule has 1 unspecified atom stereocenters. The van der Waals surface area contributed by atoms with Gasteiger partial charge in [-0.05, 0) is 60.7 Å². The van der Waals surface area contributed by atoms with E-state index in [9.17, 15) is 56.9 Å². The summed E-state index contributed by atoms with van der Waals surface area (Å²) in [5.41, 5.74) is -4.72. The molecule has 0 aliphatic carbocycles. The van der Waals surface area contributed by atoms with E-state index in [-0.39, 0.29) is 0 Å². The summed E-state index contributed by atoms with van der Waals surface area (Å²) in [7, 11) is -7.10. The van der Waals surface area contributed by atoms with Gasteiger partial charge in [0.05, 0.1) is 10.9 Å². The standard InChI is InChI=1S/C26H20F10O7S2/c1-40-16-42-22(23(27,28)29,24(30,31)32)15-41-17-7-11-20(12-8-17)44(19-5-3-2-4-6-19)21-13-9-18(10-14-21)43-25(33,34)26(35,36)45(37,38)39/h2-14H,15-16H2,1H3. The van der Waals surface area contributed by atoms with Gasteiger partial charge in [-0.25, -0.2) is 8.42 Å². The highest BCUT2D eigenvalue weighted by atomic mass is 32.2. The molecular weight excluding hydrogens is 678 g/mol. The lowest BCUT2D eigenvalue weighted by Crippen LogP contribution is -2.62. The zero-order chi connectivity index (χ0) is 33.9. The van der Waals surface area contributed by atoms with Crippen LogP contribution in [0.5, 0.6) is 11.5 Å². The minimum Gasteiger partial charge on any atom is -0.743 e. The largest absolute Gasteiger partial charge is 0.743 e. The van der Waals surface area contributed by atoms with Crippen molar-refractivity contribution < 1.29 is 75.8 Å². The van der Waals surface area contributed by atoms with E-state index in [1.807, 2.05) is 0 Å². The topological polar surface area (TPSA) is 94.1 Å². The van der Waals surface area contributed by atoms with E-state index in [0.29, 0.717) is 14.7 Å². The Morgan fingerprint density at radius 3 is 1.56 bits per heavy atom. The Bertz CT molecular complexity index is 1500. The van der Waals surface area contributed by atoms with E-state index in [1.165, 1.54) is 12.1 Å². The molecule has 0 fully saturated rings. The average molecular weight is 699 g/mol.